The van der Waals surface area contributed by atoms with Crippen molar-refractivity contribution in [2.45, 2.75) is 6.54 Å². The van der Waals surface area contributed by atoms with Crippen molar-refractivity contribution in [1.82, 2.24) is 9.97 Å². The molecule has 0 atom stereocenters. The first-order valence-corrected chi connectivity index (χ1v) is 8.80. The molecule has 0 unspecified atom stereocenters. The lowest BCUT2D eigenvalue weighted by Crippen LogP contribution is -2.15. The highest BCUT2D eigenvalue weighted by molar-refractivity contribution is 6.30. The lowest BCUT2D eigenvalue weighted by Gasteiger charge is -2.12. The summed E-state index contributed by atoms with van der Waals surface area (Å²) in [6.07, 6.45) is 1.34. The number of amides is 1. The predicted molar refractivity (Wildman–Crippen MR) is 108 cm³/mol. The number of anilines is 2. The summed E-state index contributed by atoms with van der Waals surface area (Å²) < 4.78 is 10.5. The maximum Gasteiger partial charge on any atom is 0.274 e. The first kappa shape index (κ1) is 19.4. The molecule has 3 aromatic rings. The van der Waals surface area contributed by atoms with Crippen molar-refractivity contribution in [3.05, 3.63) is 71.1 Å². The quantitative estimate of drug-likeness (QED) is 0.625. The summed E-state index contributed by atoms with van der Waals surface area (Å²) in [6, 6.07) is 14.2. The van der Waals surface area contributed by atoms with Crippen molar-refractivity contribution in [2.24, 2.45) is 0 Å². The van der Waals surface area contributed by atoms with Crippen LogP contribution in [0.3, 0.4) is 0 Å². The summed E-state index contributed by atoms with van der Waals surface area (Å²) >= 11 is 5.89. The van der Waals surface area contributed by atoms with Crippen molar-refractivity contribution < 1.29 is 14.3 Å². The van der Waals surface area contributed by atoms with Gasteiger partial charge in [0.05, 0.1) is 19.9 Å². The highest BCUT2D eigenvalue weighted by Crippen LogP contribution is 2.29. The van der Waals surface area contributed by atoms with Gasteiger partial charge < -0.3 is 20.1 Å². The van der Waals surface area contributed by atoms with Gasteiger partial charge in [-0.05, 0) is 29.8 Å². The topological polar surface area (TPSA) is 85.4 Å². The Bertz CT molecular complexity index is 964. The smallest absolute Gasteiger partial charge is 0.274 e. The molecule has 0 spiro atoms. The fraction of sp³-hybridized carbons (Fsp3) is 0.150. The number of ether oxygens (including phenoxy) is 2. The van der Waals surface area contributed by atoms with E-state index in [9.17, 15) is 4.79 Å². The summed E-state index contributed by atoms with van der Waals surface area (Å²) in [5, 5.41) is 6.63. The number of benzene rings is 2. The number of nitrogens with zero attached hydrogens (tertiary/aromatic N) is 2. The molecule has 0 aliphatic heterocycles. The second kappa shape index (κ2) is 9.05. The van der Waals surface area contributed by atoms with Gasteiger partial charge in [0, 0.05) is 23.7 Å². The zero-order valence-electron chi connectivity index (χ0n) is 15.4. The Morgan fingerprint density at radius 1 is 1.04 bits per heavy atom. The second-order valence-electron chi connectivity index (χ2n) is 5.79. The summed E-state index contributed by atoms with van der Waals surface area (Å²) in [5.41, 5.74) is 1.78. The number of rotatable bonds is 7. The maximum atomic E-state index is 12.6. The third kappa shape index (κ3) is 4.89. The molecule has 144 valence electrons. The van der Waals surface area contributed by atoms with Gasteiger partial charge in [-0.25, -0.2) is 9.97 Å². The number of hydrogen-bond acceptors (Lipinski definition) is 6. The van der Waals surface area contributed by atoms with Crippen LogP contribution in [0.2, 0.25) is 5.02 Å². The molecule has 0 saturated carbocycles. The number of halogens is 1. The number of nitrogens with one attached hydrogen (secondary N) is 2. The van der Waals surface area contributed by atoms with Gasteiger partial charge in [0.2, 0.25) is 0 Å². The van der Waals surface area contributed by atoms with Crippen LogP contribution in [0.25, 0.3) is 0 Å². The molecule has 1 aromatic heterocycles. The fourth-order valence-corrected chi connectivity index (χ4v) is 2.59. The number of hydrogen-bond donors (Lipinski definition) is 2. The highest BCUT2D eigenvalue weighted by Gasteiger charge is 2.13. The molecule has 0 aliphatic rings. The number of methoxy groups -OCH3 is 2. The minimum Gasteiger partial charge on any atom is -0.497 e. The van der Waals surface area contributed by atoms with Crippen LogP contribution in [0.4, 0.5) is 11.5 Å². The van der Waals surface area contributed by atoms with Crippen molar-refractivity contribution in [1.29, 1.82) is 0 Å². The van der Waals surface area contributed by atoms with E-state index in [1.54, 1.807) is 31.4 Å². The monoisotopic (exact) mass is 398 g/mol. The molecule has 2 aromatic carbocycles. The van der Waals surface area contributed by atoms with Crippen LogP contribution in [0, 0.1) is 0 Å². The maximum absolute atomic E-state index is 12.6. The van der Waals surface area contributed by atoms with Crippen molar-refractivity contribution in [3.63, 3.8) is 0 Å². The average molecular weight is 399 g/mol. The lowest BCUT2D eigenvalue weighted by molar-refractivity contribution is 0.102. The number of carbonyl (C=O) groups excluding carboxylic acids is 1. The third-order valence-electron chi connectivity index (χ3n) is 3.94. The van der Waals surface area contributed by atoms with Gasteiger partial charge in [0.15, 0.2) is 0 Å². The van der Waals surface area contributed by atoms with Crippen LogP contribution < -0.4 is 20.1 Å². The molecule has 0 saturated heterocycles. The molecular weight excluding hydrogens is 380 g/mol. The summed E-state index contributed by atoms with van der Waals surface area (Å²) in [5.74, 6) is 1.28. The molecule has 28 heavy (non-hydrogen) atoms. The van der Waals surface area contributed by atoms with Crippen LogP contribution in [-0.4, -0.2) is 30.1 Å². The van der Waals surface area contributed by atoms with Crippen LogP contribution >= 0.6 is 11.6 Å². The molecule has 3 rings (SSSR count). The van der Waals surface area contributed by atoms with Gasteiger partial charge in [-0.1, -0.05) is 23.7 Å². The van der Waals surface area contributed by atoms with Crippen LogP contribution in [-0.2, 0) is 6.54 Å². The van der Waals surface area contributed by atoms with Crippen molar-refractivity contribution >= 4 is 29.0 Å². The Balaban J connectivity index is 1.69. The first-order chi connectivity index (χ1) is 13.6. The predicted octanol–water partition coefficient (Wildman–Crippen LogP) is 4.01. The van der Waals surface area contributed by atoms with Gasteiger partial charge in [-0.15, -0.1) is 0 Å². The van der Waals surface area contributed by atoms with E-state index in [1.165, 1.54) is 13.4 Å². The zero-order valence-corrected chi connectivity index (χ0v) is 16.2. The highest BCUT2D eigenvalue weighted by atomic mass is 35.5. The molecular formula is C20H19ClN4O3. The zero-order chi connectivity index (χ0) is 19.9. The molecule has 1 amide bonds. The van der Waals surface area contributed by atoms with Crippen molar-refractivity contribution in [2.75, 3.05) is 24.9 Å². The van der Waals surface area contributed by atoms with Gasteiger partial charge >= 0.3 is 0 Å². The Labute approximate surface area is 167 Å². The Morgan fingerprint density at radius 2 is 1.82 bits per heavy atom. The second-order valence-corrected chi connectivity index (χ2v) is 6.23. The van der Waals surface area contributed by atoms with Gasteiger partial charge in [0.1, 0.15) is 29.3 Å². The number of aromatic nitrogens is 2. The van der Waals surface area contributed by atoms with Crippen molar-refractivity contribution in [3.8, 4) is 11.5 Å². The minimum absolute atomic E-state index is 0.228. The van der Waals surface area contributed by atoms with E-state index in [0.717, 1.165) is 5.56 Å². The first-order valence-electron chi connectivity index (χ1n) is 8.43. The Hall–Kier alpha value is -3.32. The van der Waals surface area contributed by atoms with E-state index in [2.05, 4.69) is 20.6 Å². The van der Waals surface area contributed by atoms with E-state index in [-0.39, 0.29) is 11.6 Å². The standard InChI is InChI=1S/C20H19ClN4O3/c1-27-15-7-8-16(18(9-15)28-2)25-20(26)17-10-19(24-12-23-17)22-11-13-3-5-14(21)6-4-13/h3-10,12H,11H2,1-2H3,(H,25,26)(H,22,23,24). The summed E-state index contributed by atoms with van der Waals surface area (Å²) in [4.78, 5) is 20.8. The van der Waals surface area contributed by atoms with E-state index < -0.39 is 0 Å². The van der Waals surface area contributed by atoms with Crippen LogP contribution in [0.5, 0.6) is 11.5 Å². The molecule has 0 fully saturated rings. The Morgan fingerprint density at radius 3 is 2.54 bits per heavy atom. The molecule has 0 aliphatic carbocycles. The van der Waals surface area contributed by atoms with Gasteiger partial charge in [-0.2, -0.15) is 0 Å². The SMILES string of the molecule is COc1ccc(NC(=O)c2cc(NCc3ccc(Cl)cc3)ncn2)c(OC)c1. The molecule has 7 nitrogen and oxygen atoms in total. The van der Waals surface area contributed by atoms with E-state index in [4.69, 9.17) is 21.1 Å². The van der Waals surface area contributed by atoms with Gasteiger partial charge in [0.25, 0.3) is 5.91 Å². The van der Waals surface area contributed by atoms with Crippen LogP contribution in [0.15, 0.2) is 54.9 Å². The molecule has 0 bridgehead atoms. The molecule has 0 radical (unpaired) electrons. The minimum atomic E-state index is -0.375. The van der Waals surface area contributed by atoms with E-state index in [0.29, 0.717) is 34.6 Å². The fourth-order valence-electron chi connectivity index (χ4n) is 2.46. The summed E-state index contributed by atoms with van der Waals surface area (Å²) in [6.45, 7) is 0.543. The van der Waals surface area contributed by atoms with Crippen LogP contribution in [0.1, 0.15) is 16.1 Å². The lowest BCUT2D eigenvalue weighted by atomic mass is 10.2. The molecule has 8 heteroatoms. The molecule has 2 N–H and O–H groups in total. The third-order valence-corrected chi connectivity index (χ3v) is 4.20. The van der Waals surface area contributed by atoms with E-state index >= 15 is 0 Å². The average Bonchev–Trinajstić information content (AvgIpc) is 2.73. The Kier molecular flexibility index (Phi) is 6.29. The molecule has 1 heterocycles. The summed E-state index contributed by atoms with van der Waals surface area (Å²) in [7, 11) is 3.08. The van der Waals surface area contributed by atoms with E-state index in [1.807, 2.05) is 24.3 Å². The normalized spacial score (nSPS) is 10.2. The van der Waals surface area contributed by atoms with Gasteiger partial charge in [-0.3, -0.25) is 4.79 Å². The number of carbonyl (C=O) groups is 1. The largest absolute Gasteiger partial charge is 0.497 e.